The van der Waals surface area contributed by atoms with Gasteiger partial charge >= 0.3 is 5.97 Å². The number of carbonyl (C=O) groups is 1. The quantitative estimate of drug-likeness (QED) is 0.602. The molecule has 0 aromatic carbocycles. The number of ether oxygens (including phenoxy) is 1. The minimum Gasteiger partial charge on any atom is -0.462 e. The fourth-order valence-corrected chi connectivity index (χ4v) is 3.74. The SMILES string of the molecule is CC(CS(=O)(=O)O)C(=O)OC1CC(C)(C)NC(C)(C)C1. The molecule has 0 radical (unpaired) electrons. The normalized spacial score (nSPS) is 24.1. The first-order valence-electron chi connectivity index (χ1n) is 6.75. The smallest absolute Gasteiger partial charge is 0.310 e. The lowest BCUT2D eigenvalue weighted by Crippen LogP contribution is -2.59. The van der Waals surface area contributed by atoms with Crippen LogP contribution in [0.25, 0.3) is 0 Å². The third kappa shape index (κ3) is 5.76. The van der Waals surface area contributed by atoms with Gasteiger partial charge in [-0.3, -0.25) is 9.35 Å². The molecule has 0 saturated carbocycles. The average molecular weight is 307 g/mol. The van der Waals surface area contributed by atoms with Crippen LogP contribution in [0.15, 0.2) is 0 Å². The summed E-state index contributed by atoms with van der Waals surface area (Å²) in [6.45, 7) is 9.59. The van der Waals surface area contributed by atoms with Crippen LogP contribution in [0.5, 0.6) is 0 Å². The Morgan fingerprint density at radius 3 is 2.15 bits per heavy atom. The van der Waals surface area contributed by atoms with Gasteiger partial charge in [0.05, 0.1) is 11.7 Å². The Kier molecular flexibility index (Phi) is 4.88. The van der Waals surface area contributed by atoms with Gasteiger partial charge < -0.3 is 10.1 Å². The van der Waals surface area contributed by atoms with Gasteiger partial charge in [-0.05, 0) is 27.7 Å². The van der Waals surface area contributed by atoms with Gasteiger partial charge in [-0.15, -0.1) is 0 Å². The predicted molar refractivity (Wildman–Crippen MR) is 76.0 cm³/mol. The Bertz CT molecular complexity index is 453. The summed E-state index contributed by atoms with van der Waals surface area (Å²) in [7, 11) is -4.17. The summed E-state index contributed by atoms with van der Waals surface area (Å²) in [5.74, 6) is -2.06. The maximum Gasteiger partial charge on any atom is 0.310 e. The summed E-state index contributed by atoms with van der Waals surface area (Å²) in [6.07, 6.45) is 1.08. The van der Waals surface area contributed by atoms with Gasteiger partial charge in [0, 0.05) is 23.9 Å². The van der Waals surface area contributed by atoms with Crippen LogP contribution in [0.3, 0.4) is 0 Å². The van der Waals surface area contributed by atoms with Crippen molar-refractivity contribution in [2.24, 2.45) is 5.92 Å². The Labute approximate surface area is 121 Å². The van der Waals surface area contributed by atoms with Crippen LogP contribution in [0.1, 0.15) is 47.5 Å². The molecule has 1 aliphatic rings. The number of carbonyl (C=O) groups excluding carboxylic acids is 1. The molecule has 1 unspecified atom stereocenters. The van der Waals surface area contributed by atoms with E-state index in [1.165, 1.54) is 6.92 Å². The maximum absolute atomic E-state index is 11.9. The lowest BCUT2D eigenvalue weighted by atomic mass is 9.81. The molecule has 0 bridgehead atoms. The average Bonchev–Trinajstić information content (AvgIpc) is 2.08. The zero-order valence-corrected chi connectivity index (χ0v) is 13.6. The zero-order valence-electron chi connectivity index (χ0n) is 12.8. The lowest BCUT2D eigenvalue weighted by Gasteiger charge is -2.46. The van der Waals surface area contributed by atoms with Gasteiger partial charge in [0.25, 0.3) is 10.1 Å². The molecule has 1 aliphatic heterocycles. The van der Waals surface area contributed by atoms with E-state index in [9.17, 15) is 13.2 Å². The molecule has 0 amide bonds. The highest BCUT2D eigenvalue weighted by Crippen LogP contribution is 2.30. The molecule has 0 spiro atoms. The largest absolute Gasteiger partial charge is 0.462 e. The summed E-state index contributed by atoms with van der Waals surface area (Å²) in [4.78, 5) is 11.9. The van der Waals surface area contributed by atoms with Crippen LogP contribution >= 0.6 is 0 Å². The number of esters is 1. The van der Waals surface area contributed by atoms with Crippen LogP contribution in [-0.4, -0.2) is 41.9 Å². The second kappa shape index (κ2) is 5.61. The predicted octanol–water partition coefficient (Wildman–Crippen LogP) is 1.36. The van der Waals surface area contributed by atoms with Gasteiger partial charge in [0.15, 0.2) is 0 Å². The molecule has 1 saturated heterocycles. The van der Waals surface area contributed by atoms with Crippen molar-refractivity contribution >= 4 is 16.1 Å². The Hall–Kier alpha value is -0.660. The van der Waals surface area contributed by atoms with E-state index in [4.69, 9.17) is 9.29 Å². The molecule has 7 heteroatoms. The number of nitrogens with one attached hydrogen (secondary N) is 1. The highest BCUT2D eigenvalue weighted by Gasteiger charge is 2.39. The minimum atomic E-state index is -4.17. The molecule has 1 fully saturated rings. The number of hydrogen-bond donors (Lipinski definition) is 2. The van der Waals surface area contributed by atoms with Gasteiger partial charge in [0.1, 0.15) is 6.10 Å². The van der Waals surface area contributed by atoms with E-state index in [0.717, 1.165) is 0 Å². The number of rotatable bonds is 4. The fraction of sp³-hybridized carbons (Fsp3) is 0.923. The molecule has 1 heterocycles. The third-order valence-corrected chi connectivity index (χ3v) is 4.22. The van der Waals surface area contributed by atoms with E-state index in [0.29, 0.717) is 12.8 Å². The number of hydrogen-bond acceptors (Lipinski definition) is 5. The maximum atomic E-state index is 11.9. The Morgan fingerprint density at radius 2 is 1.75 bits per heavy atom. The third-order valence-electron chi connectivity index (χ3n) is 3.30. The summed E-state index contributed by atoms with van der Waals surface area (Å²) >= 11 is 0. The molecular weight excluding hydrogens is 282 g/mol. The van der Waals surface area contributed by atoms with E-state index in [1.54, 1.807) is 0 Å². The summed E-state index contributed by atoms with van der Waals surface area (Å²) in [5, 5.41) is 3.48. The summed E-state index contributed by atoms with van der Waals surface area (Å²) in [5.41, 5.74) is -0.308. The van der Waals surface area contributed by atoms with Crippen LogP contribution in [0.2, 0.25) is 0 Å². The monoisotopic (exact) mass is 307 g/mol. The van der Waals surface area contributed by atoms with Crippen LogP contribution < -0.4 is 5.32 Å². The zero-order chi connectivity index (χ0) is 15.8. The first-order valence-corrected chi connectivity index (χ1v) is 8.36. The number of piperidine rings is 1. The van der Waals surface area contributed by atoms with Gasteiger partial charge in [0.2, 0.25) is 0 Å². The van der Waals surface area contributed by atoms with Crippen molar-refractivity contribution in [2.75, 3.05) is 5.75 Å². The molecule has 2 N–H and O–H groups in total. The molecule has 0 aromatic heterocycles. The molecule has 0 aliphatic carbocycles. The van der Waals surface area contributed by atoms with Crippen molar-refractivity contribution in [2.45, 2.75) is 64.6 Å². The molecule has 6 nitrogen and oxygen atoms in total. The second-order valence-electron chi connectivity index (χ2n) is 7.01. The van der Waals surface area contributed by atoms with E-state index in [-0.39, 0.29) is 17.2 Å². The Balaban J connectivity index is 2.66. The highest BCUT2D eigenvalue weighted by molar-refractivity contribution is 7.85. The van der Waals surface area contributed by atoms with Crippen LogP contribution in [-0.2, 0) is 19.6 Å². The molecule has 118 valence electrons. The first-order chi connectivity index (χ1) is 8.80. The van der Waals surface area contributed by atoms with E-state index < -0.39 is 27.8 Å². The molecular formula is C13H25NO5S. The van der Waals surface area contributed by atoms with Crippen LogP contribution in [0.4, 0.5) is 0 Å². The van der Waals surface area contributed by atoms with Crippen molar-refractivity contribution in [3.63, 3.8) is 0 Å². The standard InChI is InChI=1S/C13H25NO5S/c1-9(8-20(16,17)18)11(15)19-10-6-12(2,3)14-13(4,5)7-10/h9-10,14H,6-8H2,1-5H3,(H,16,17,18). The van der Waals surface area contributed by atoms with Crippen molar-refractivity contribution in [3.05, 3.63) is 0 Å². The van der Waals surface area contributed by atoms with Crippen molar-refractivity contribution in [1.82, 2.24) is 5.32 Å². The fourth-order valence-electron chi connectivity index (χ4n) is 2.98. The van der Waals surface area contributed by atoms with E-state index >= 15 is 0 Å². The first kappa shape index (κ1) is 17.4. The molecule has 20 heavy (non-hydrogen) atoms. The van der Waals surface area contributed by atoms with Crippen molar-refractivity contribution < 1.29 is 22.5 Å². The summed E-state index contributed by atoms with van der Waals surface area (Å²) in [6, 6.07) is 0. The van der Waals surface area contributed by atoms with Gasteiger partial charge in [-0.1, -0.05) is 6.92 Å². The minimum absolute atomic E-state index is 0.154. The van der Waals surface area contributed by atoms with Crippen molar-refractivity contribution in [1.29, 1.82) is 0 Å². The van der Waals surface area contributed by atoms with Crippen molar-refractivity contribution in [3.8, 4) is 0 Å². The molecule has 1 rings (SSSR count). The topological polar surface area (TPSA) is 92.7 Å². The highest BCUT2D eigenvalue weighted by atomic mass is 32.2. The van der Waals surface area contributed by atoms with Gasteiger partial charge in [-0.25, -0.2) is 0 Å². The van der Waals surface area contributed by atoms with Gasteiger partial charge in [-0.2, -0.15) is 8.42 Å². The van der Waals surface area contributed by atoms with Crippen LogP contribution in [0, 0.1) is 5.92 Å². The molecule has 0 aromatic rings. The second-order valence-corrected chi connectivity index (χ2v) is 8.51. The molecule has 1 atom stereocenters. The summed E-state index contributed by atoms with van der Waals surface area (Å²) < 4.78 is 35.7. The Morgan fingerprint density at radius 1 is 1.30 bits per heavy atom. The lowest BCUT2D eigenvalue weighted by molar-refractivity contribution is -0.156. The van der Waals surface area contributed by atoms with E-state index in [2.05, 4.69) is 5.32 Å². The van der Waals surface area contributed by atoms with E-state index in [1.807, 2.05) is 27.7 Å².